The van der Waals surface area contributed by atoms with E-state index in [0.717, 1.165) is 53.9 Å². The van der Waals surface area contributed by atoms with Gasteiger partial charge in [-0.2, -0.15) is 0 Å². The van der Waals surface area contributed by atoms with Gasteiger partial charge in [0, 0.05) is 5.69 Å². The number of nitrogens with one attached hydrogen (secondary N) is 3. The number of carbonyl (C=O) groups excluding carboxylic acids is 1. The Balaban J connectivity index is 1.34. The van der Waals surface area contributed by atoms with Gasteiger partial charge in [0.05, 0.1) is 28.0 Å². The normalized spacial score (nSPS) is 17.1. The van der Waals surface area contributed by atoms with E-state index >= 15 is 4.39 Å². The van der Waals surface area contributed by atoms with Crippen LogP contribution in [0.5, 0.6) is 0 Å². The molecule has 0 radical (unpaired) electrons. The monoisotopic (exact) mass is 507 g/mol. The average Bonchev–Trinajstić information content (AvgIpc) is 3.10. The maximum absolute atomic E-state index is 15.1. The maximum atomic E-state index is 15.1. The first-order valence-electron chi connectivity index (χ1n) is 12.5. The zero-order valence-electron chi connectivity index (χ0n) is 20.8. The molecule has 1 saturated heterocycles. The molecule has 2 aliphatic rings. The molecule has 0 aliphatic carbocycles. The lowest BCUT2D eigenvalue weighted by atomic mass is 9.82. The van der Waals surface area contributed by atoms with Gasteiger partial charge < -0.3 is 16.0 Å². The van der Waals surface area contributed by atoms with Crippen LogP contribution < -0.4 is 16.0 Å². The van der Waals surface area contributed by atoms with Crippen molar-refractivity contribution in [2.24, 2.45) is 0 Å². The molecule has 5 rings (SSSR count). The van der Waals surface area contributed by atoms with E-state index in [0.29, 0.717) is 41.1 Å². The van der Waals surface area contributed by atoms with Gasteiger partial charge in [0.25, 0.3) is 0 Å². The number of aryl methyl sites for hydroxylation is 3. The van der Waals surface area contributed by atoms with Gasteiger partial charge in [-0.25, -0.2) is 14.4 Å². The van der Waals surface area contributed by atoms with E-state index in [9.17, 15) is 4.79 Å². The first-order chi connectivity index (χ1) is 17.2. The summed E-state index contributed by atoms with van der Waals surface area (Å²) in [5.74, 6) is 0.370. The van der Waals surface area contributed by atoms with E-state index in [2.05, 4.69) is 25.9 Å². The third kappa shape index (κ3) is 4.70. The lowest BCUT2D eigenvalue weighted by Crippen LogP contribution is -2.27. The Bertz CT molecular complexity index is 1320. The van der Waals surface area contributed by atoms with Gasteiger partial charge >= 0.3 is 0 Å². The Hall–Kier alpha value is -3.03. The number of piperidine rings is 1. The molecule has 1 aromatic heterocycles. The maximum Gasteiger partial charge on any atom is 0.234 e. The SMILES string of the molecule is Cc1cc(Nc2ncc(Cl)c(CCc3cccc4c3C(C)(C)C(=O)N4)n2)c(F)cc1C1CCNCC1. The van der Waals surface area contributed by atoms with E-state index in [1.54, 1.807) is 12.3 Å². The summed E-state index contributed by atoms with van der Waals surface area (Å²) < 4.78 is 15.1. The van der Waals surface area contributed by atoms with Crippen molar-refractivity contribution < 1.29 is 9.18 Å². The summed E-state index contributed by atoms with van der Waals surface area (Å²) in [6.45, 7) is 7.82. The van der Waals surface area contributed by atoms with Crippen LogP contribution in [0.3, 0.4) is 0 Å². The highest BCUT2D eigenvalue weighted by molar-refractivity contribution is 6.31. The Labute approximate surface area is 216 Å². The molecule has 0 unspecified atom stereocenters. The smallest absolute Gasteiger partial charge is 0.234 e. The number of rotatable bonds is 6. The molecule has 0 spiro atoms. The number of hydrogen-bond acceptors (Lipinski definition) is 5. The second kappa shape index (κ2) is 9.79. The van der Waals surface area contributed by atoms with Crippen molar-refractivity contribution in [1.29, 1.82) is 0 Å². The van der Waals surface area contributed by atoms with E-state index in [1.165, 1.54) is 0 Å². The second-order valence-corrected chi connectivity index (χ2v) is 10.7. The molecule has 1 fully saturated rings. The van der Waals surface area contributed by atoms with Gasteiger partial charge in [0.15, 0.2) is 0 Å². The van der Waals surface area contributed by atoms with Crippen molar-refractivity contribution in [2.45, 2.75) is 57.8 Å². The highest BCUT2D eigenvalue weighted by Gasteiger charge is 2.39. The van der Waals surface area contributed by atoms with E-state index < -0.39 is 5.41 Å². The van der Waals surface area contributed by atoms with Crippen LogP contribution in [0.1, 0.15) is 60.6 Å². The molecule has 0 bridgehead atoms. The van der Waals surface area contributed by atoms with Crippen LogP contribution in [0.15, 0.2) is 36.5 Å². The van der Waals surface area contributed by atoms with Gasteiger partial charge in [-0.15, -0.1) is 0 Å². The zero-order chi connectivity index (χ0) is 25.4. The predicted molar refractivity (Wildman–Crippen MR) is 142 cm³/mol. The summed E-state index contributed by atoms with van der Waals surface area (Å²) in [6.07, 6.45) is 4.80. The lowest BCUT2D eigenvalue weighted by Gasteiger charge is -2.25. The zero-order valence-corrected chi connectivity index (χ0v) is 21.6. The molecule has 2 aromatic carbocycles. The third-order valence-corrected chi connectivity index (χ3v) is 7.74. The van der Waals surface area contributed by atoms with Crippen LogP contribution in [-0.4, -0.2) is 29.0 Å². The van der Waals surface area contributed by atoms with Crippen LogP contribution in [0.25, 0.3) is 0 Å². The number of nitrogens with zero attached hydrogens (tertiary/aromatic N) is 2. The number of anilines is 3. The van der Waals surface area contributed by atoms with Crippen LogP contribution >= 0.6 is 11.6 Å². The Kier molecular flexibility index (Phi) is 6.70. The highest BCUT2D eigenvalue weighted by Crippen LogP contribution is 2.40. The fourth-order valence-corrected chi connectivity index (χ4v) is 5.61. The molecular formula is C28H31ClFN5O. The predicted octanol–water partition coefficient (Wildman–Crippen LogP) is 5.80. The standard InChI is InChI=1S/C28H31ClFN5O/c1-16-13-24(21(30)14-19(16)17-9-11-31-12-10-17)35-27-32-15-20(29)22(34-27)8-7-18-5-4-6-23-25(18)28(2,3)26(36)33-23/h4-6,13-15,17,31H,7-12H2,1-3H3,(H,33,36)(H,32,34,35). The molecule has 6 nitrogen and oxygen atoms in total. The van der Waals surface area contributed by atoms with Crippen molar-refractivity contribution >= 4 is 34.8 Å². The largest absolute Gasteiger partial charge is 0.325 e. The Morgan fingerprint density at radius 1 is 1.19 bits per heavy atom. The van der Waals surface area contributed by atoms with Gasteiger partial charge in [-0.3, -0.25) is 4.79 Å². The number of benzene rings is 2. The number of aromatic nitrogens is 2. The Morgan fingerprint density at radius 2 is 1.97 bits per heavy atom. The summed E-state index contributed by atoms with van der Waals surface area (Å²) in [5, 5.41) is 9.83. The second-order valence-electron chi connectivity index (χ2n) is 10.2. The number of hydrogen-bond donors (Lipinski definition) is 3. The van der Waals surface area contributed by atoms with Crippen LogP contribution in [0.2, 0.25) is 5.02 Å². The lowest BCUT2D eigenvalue weighted by molar-refractivity contribution is -0.119. The topological polar surface area (TPSA) is 78.9 Å². The molecule has 0 atom stereocenters. The fourth-order valence-electron chi connectivity index (χ4n) is 5.42. The van der Waals surface area contributed by atoms with E-state index in [1.807, 2.05) is 45.0 Å². The van der Waals surface area contributed by atoms with Gasteiger partial charge in [0.1, 0.15) is 5.82 Å². The van der Waals surface area contributed by atoms with Crippen molar-refractivity contribution in [3.05, 3.63) is 75.3 Å². The van der Waals surface area contributed by atoms with E-state index in [-0.39, 0.29) is 11.7 Å². The van der Waals surface area contributed by atoms with E-state index in [4.69, 9.17) is 11.6 Å². The Morgan fingerprint density at radius 3 is 2.75 bits per heavy atom. The van der Waals surface area contributed by atoms with Crippen molar-refractivity contribution in [1.82, 2.24) is 15.3 Å². The molecule has 3 N–H and O–H groups in total. The minimum absolute atomic E-state index is 0.00000294. The van der Waals surface area contributed by atoms with Crippen LogP contribution in [0.4, 0.5) is 21.7 Å². The minimum atomic E-state index is -0.593. The van der Waals surface area contributed by atoms with Gasteiger partial charge in [-0.1, -0.05) is 23.7 Å². The van der Waals surface area contributed by atoms with Gasteiger partial charge in [-0.05, 0) is 106 Å². The van der Waals surface area contributed by atoms with Crippen molar-refractivity contribution in [3.8, 4) is 0 Å². The quantitative estimate of drug-likeness (QED) is 0.393. The van der Waals surface area contributed by atoms with Crippen molar-refractivity contribution in [3.63, 3.8) is 0 Å². The number of amides is 1. The summed E-state index contributed by atoms with van der Waals surface area (Å²) in [7, 11) is 0. The summed E-state index contributed by atoms with van der Waals surface area (Å²) >= 11 is 6.43. The fraction of sp³-hybridized carbons (Fsp3) is 0.393. The molecule has 2 aliphatic heterocycles. The average molecular weight is 508 g/mol. The van der Waals surface area contributed by atoms with Crippen LogP contribution in [-0.2, 0) is 23.1 Å². The number of fused-ring (bicyclic) bond motifs is 1. The first-order valence-corrected chi connectivity index (χ1v) is 12.8. The minimum Gasteiger partial charge on any atom is -0.325 e. The van der Waals surface area contributed by atoms with Crippen LogP contribution in [0, 0.1) is 12.7 Å². The van der Waals surface area contributed by atoms with Gasteiger partial charge in [0.2, 0.25) is 11.9 Å². The molecule has 36 heavy (non-hydrogen) atoms. The summed E-state index contributed by atoms with van der Waals surface area (Å²) in [6, 6.07) is 9.40. The molecule has 1 amide bonds. The third-order valence-electron chi connectivity index (χ3n) is 7.42. The molecule has 188 valence electrons. The molecule has 8 heteroatoms. The molecular weight excluding hydrogens is 477 g/mol. The van der Waals surface area contributed by atoms with Crippen molar-refractivity contribution in [2.75, 3.05) is 23.7 Å². The molecule has 3 aromatic rings. The highest BCUT2D eigenvalue weighted by atomic mass is 35.5. The number of halogens is 2. The first kappa shape index (κ1) is 24.7. The molecule has 0 saturated carbocycles. The summed E-state index contributed by atoms with van der Waals surface area (Å²) in [5.41, 5.74) is 5.52. The molecule has 3 heterocycles. The number of carbonyl (C=O) groups is 1. The summed E-state index contributed by atoms with van der Waals surface area (Å²) in [4.78, 5) is 21.3.